The normalized spacial score (nSPS) is 28.2. The van der Waals surface area contributed by atoms with Crippen molar-refractivity contribution in [3.8, 4) is 0 Å². The lowest BCUT2D eigenvalue weighted by Gasteiger charge is -2.22. The zero-order chi connectivity index (χ0) is 12.0. The molecule has 0 aromatic heterocycles. The maximum absolute atomic E-state index is 12.0. The van der Waals surface area contributed by atoms with Gasteiger partial charge in [-0.3, -0.25) is 4.79 Å². The van der Waals surface area contributed by atoms with E-state index in [1.54, 1.807) is 11.8 Å². The van der Waals surface area contributed by atoms with Gasteiger partial charge in [-0.2, -0.15) is 11.8 Å². The second-order valence-corrected chi connectivity index (χ2v) is 5.68. The van der Waals surface area contributed by atoms with Crippen molar-refractivity contribution in [3.63, 3.8) is 0 Å². The van der Waals surface area contributed by atoms with Crippen molar-refractivity contribution in [1.82, 2.24) is 5.32 Å². The predicted octanol–water partition coefficient (Wildman–Crippen LogP) is 1.76. The molecule has 16 heavy (non-hydrogen) atoms. The van der Waals surface area contributed by atoms with E-state index in [1.807, 2.05) is 0 Å². The van der Waals surface area contributed by atoms with Crippen LogP contribution in [0.3, 0.4) is 0 Å². The first-order valence-corrected chi connectivity index (χ1v) is 7.59. The highest BCUT2D eigenvalue weighted by Gasteiger charge is 2.27. The van der Waals surface area contributed by atoms with Crippen LogP contribution in [-0.4, -0.2) is 30.0 Å². The van der Waals surface area contributed by atoms with Crippen molar-refractivity contribution < 1.29 is 4.79 Å². The molecule has 0 radical (unpaired) electrons. The Morgan fingerprint density at radius 1 is 1.44 bits per heavy atom. The lowest BCUT2D eigenvalue weighted by atomic mass is 9.94. The molecule has 94 valence electrons. The van der Waals surface area contributed by atoms with Gasteiger partial charge in [-0.15, -0.1) is 0 Å². The molecule has 1 amide bonds. The molecule has 3 unspecified atom stereocenters. The van der Waals surface area contributed by atoms with E-state index in [-0.39, 0.29) is 23.9 Å². The van der Waals surface area contributed by atoms with Crippen LogP contribution in [0.25, 0.3) is 0 Å². The topological polar surface area (TPSA) is 55.1 Å². The Morgan fingerprint density at radius 3 is 2.81 bits per heavy atom. The standard InChI is InChI=1S/C12H24N2OS/c1-9(8-16-2)14-12(15)10-6-4-3-5-7-11(10)13/h9-11H,3-8,13H2,1-2H3,(H,14,15). The molecule has 0 spiro atoms. The number of carbonyl (C=O) groups is 1. The maximum atomic E-state index is 12.0. The predicted molar refractivity (Wildman–Crippen MR) is 70.5 cm³/mol. The van der Waals surface area contributed by atoms with Gasteiger partial charge in [0.1, 0.15) is 0 Å². The van der Waals surface area contributed by atoms with E-state index < -0.39 is 0 Å². The number of hydrogen-bond acceptors (Lipinski definition) is 3. The Kier molecular flexibility index (Phi) is 6.21. The second kappa shape index (κ2) is 7.17. The summed E-state index contributed by atoms with van der Waals surface area (Å²) in [7, 11) is 0. The monoisotopic (exact) mass is 244 g/mol. The molecule has 0 bridgehead atoms. The Bertz CT molecular complexity index is 223. The Labute approximate surface area is 103 Å². The lowest BCUT2D eigenvalue weighted by Crippen LogP contribution is -2.45. The number of rotatable bonds is 4. The number of nitrogens with one attached hydrogen (secondary N) is 1. The first-order chi connectivity index (χ1) is 7.65. The molecule has 3 nitrogen and oxygen atoms in total. The van der Waals surface area contributed by atoms with E-state index in [4.69, 9.17) is 5.73 Å². The lowest BCUT2D eigenvalue weighted by molar-refractivity contribution is -0.126. The van der Waals surface area contributed by atoms with Crippen LogP contribution < -0.4 is 11.1 Å². The van der Waals surface area contributed by atoms with Crippen molar-refractivity contribution in [1.29, 1.82) is 0 Å². The minimum atomic E-state index is 0.0341. The molecular formula is C12H24N2OS. The Morgan fingerprint density at radius 2 is 2.12 bits per heavy atom. The molecule has 3 atom stereocenters. The van der Waals surface area contributed by atoms with Gasteiger partial charge in [-0.05, 0) is 26.0 Å². The third kappa shape index (κ3) is 4.34. The molecule has 0 aromatic rings. The van der Waals surface area contributed by atoms with Gasteiger partial charge in [0.15, 0.2) is 0 Å². The summed E-state index contributed by atoms with van der Waals surface area (Å²) < 4.78 is 0. The largest absolute Gasteiger partial charge is 0.353 e. The van der Waals surface area contributed by atoms with Gasteiger partial charge >= 0.3 is 0 Å². The van der Waals surface area contributed by atoms with Crippen LogP contribution in [0.15, 0.2) is 0 Å². The molecule has 0 aliphatic heterocycles. The number of amides is 1. The van der Waals surface area contributed by atoms with E-state index in [0.717, 1.165) is 25.0 Å². The van der Waals surface area contributed by atoms with Crippen LogP contribution in [0.4, 0.5) is 0 Å². The number of nitrogens with two attached hydrogens (primary N) is 1. The molecule has 4 heteroatoms. The molecule has 1 aliphatic carbocycles. The van der Waals surface area contributed by atoms with Gasteiger partial charge in [0.25, 0.3) is 0 Å². The molecule has 3 N–H and O–H groups in total. The molecular weight excluding hydrogens is 220 g/mol. The van der Waals surface area contributed by atoms with E-state index in [9.17, 15) is 4.79 Å². The van der Waals surface area contributed by atoms with Crippen LogP contribution in [0.2, 0.25) is 0 Å². The smallest absolute Gasteiger partial charge is 0.224 e. The summed E-state index contributed by atoms with van der Waals surface area (Å²) in [6, 6.07) is 0.307. The third-order valence-electron chi connectivity index (χ3n) is 3.21. The molecule has 1 aliphatic rings. The van der Waals surface area contributed by atoms with Crippen molar-refractivity contribution in [3.05, 3.63) is 0 Å². The SMILES string of the molecule is CSCC(C)NC(=O)C1CCCCCC1N. The minimum Gasteiger partial charge on any atom is -0.353 e. The molecule has 0 heterocycles. The minimum absolute atomic E-state index is 0.0341. The molecule has 1 rings (SSSR count). The van der Waals surface area contributed by atoms with Crippen molar-refractivity contribution in [2.75, 3.05) is 12.0 Å². The number of thioether (sulfide) groups is 1. The van der Waals surface area contributed by atoms with Crippen molar-refractivity contribution in [2.24, 2.45) is 11.7 Å². The number of hydrogen-bond donors (Lipinski definition) is 2. The summed E-state index contributed by atoms with van der Waals surface area (Å²) in [6.45, 7) is 2.05. The van der Waals surface area contributed by atoms with E-state index in [2.05, 4.69) is 18.5 Å². The highest BCUT2D eigenvalue weighted by atomic mass is 32.2. The maximum Gasteiger partial charge on any atom is 0.224 e. The van der Waals surface area contributed by atoms with E-state index in [0.29, 0.717) is 0 Å². The van der Waals surface area contributed by atoms with E-state index >= 15 is 0 Å². The zero-order valence-electron chi connectivity index (χ0n) is 10.4. The van der Waals surface area contributed by atoms with Crippen LogP contribution in [0.1, 0.15) is 39.0 Å². The summed E-state index contributed by atoms with van der Waals surface area (Å²) in [4.78, 5) is 12.0. The summed E-state index contributed by atoms with van der Waals surface area (Å²) in [5.41, 5.74) is 6.06. The van der Waals surface area contributed by atoms with Gasteiger partial charge < -0.3 is 11.1 Å². The second-order valence-electron chi connectivity index (χ2n) is 4.77. The average Bonchev–Trinajstić information content (AvgIpc) is 2.43. The molecule has 1 fully saturated rings. The van der Waals surface area contributed by atoms with Crippen LogP contribution in [0, 0.1) is 5.92 Å². The van der Waals surface area contributed by atoms with Crippen LogP contribution >= 0.6 is 11.8 Å². The molecule has 1 saturated carbocycles. The Hall–Kier alpha value is -0.220. The van der Waals surface area contributed by atoms with Gasteiger partial charge in [0, 0.05) is 17.8 Å². The summed E-state index contributed by atoms with van der Waals surface area (Å²) in [5.74, 6) is 1.16. The van der Waals surface area contributed by atoms with Gasteiger partial charge in [-0.25, -0.2) is 0 Å². The zero-order valence-corrected chi connectivity index (χ0v) is 11.2. The fourth-order valence-corrected chi connectivity index (χ4v) is 2.89. The first-order valence-electron chi connectivity index (χ1n) is 6.20. The molecule has 0 aromatic carbocycles. The van der Waals surface area contributed by atoms with Crippen LogP contribution in [-0.2, 0) is 4.79 Å². The van der Waals surface area contributed by atoms with Crippen molar-refractivity contribution >= 4 is 17.7 Å². The first kappa shape index (κ1) is 13.8. The van der Waals surface area contributed by atoms with Crippen LogP contribution in [0.5, 0.6) is 0 Å². The third-order valence-corrected chi connectivity index (χ3v) is 4.04. The highest BCUT2D eigenvalue weighted by Crippen LogP contribution is 2.22. The quantitative estimate of drug-likeness (QED) is 0.741. The summed E-state index contributed by atoms with van der Waals surface area (Å²) in [5, 5.41) is 3.07. The summed E-state index contributed by atoms with van der Waals surface area (Å²) in [6.07, 6.45) is 7.54. The van der Waals surface area contributed by atoms with Gasteiger partial charge in [0.05, 0.1) is 5.92 Å². The van der Waals surface area contributed by atoms with E-state index in [1.165, 1.54) is 12.8 Å². The fraction of sp³-hybridized carbons (Fsp3) is 0.917. The number of carbonyl (C=O) groups excluding carboxylic acids is 1. The Balaban J connectivity index is 2.44. The van der Waals surface area contributed by atoms with Crippen molar-refractivity contribution in [2.45, 2.75) is 51.1 Å². The fourth-order valence-electron chi connectivity index (χ4n) is 2.30. The van der Waals surface area contributed by atoms with Gasteiger partial charge in [0.2, 0.25) is 5.91 Å². The average molecular weight is 244 g/mol. The van der Waals surface area contributed by atoms with Gasteiger partial charge in [-0.1, -0.05) is 19.3 Å². The summed E-state index contributed by atoms with van der Waals surface area (Å²) >= 11 is 1.76. The highest BCUT2D eigenvalue weighted by molar-refractivity contribution is 7.98. The molecule has 0 saturated heterocycles.